The number of halogens is 1. The number of nitriles is 1. The van der Waals surface area contributed by atoms with Crippen molar-refractivity contribution in [3.05, 3.63) is 111 Å². The van der Waals surface area contributed by atoms with Crippen molar-refractivity contribution in [1.82, 2.24) is 5.32 Å². The maximum absolute atomic E-state index is 13.5. The number of hydrogen-bond acceptors (Lipinski definition) is 7. The fraction of sp³-hybridized carbons (Fsp3) is 0.138. The van der Waals surface area contributed by atoms with Crippen LogP contribution < -0.4 is 15.4 Å². The van der Waals surface area contributed by atoms with E-state index in [9.17, 15) is 20.0 Å². The van der Waals surface area contributed by atoms with Crippen molar-refractivity contribution in [3.8, 4) is 17.6 Å². The first-order chi connectivity index (χ1) is 18.3. The molecule has 3 aromatic rings. The topological polar surface area (TPSA) is 111 Å². The van der Waals surface area contributed by atoms with E-state index in [1.54, 1.807) is 55.5 Å². The lowest BCUT2D eigenvalue weighted by Gasteiger charge is -2.30. The second kappa shape index (κ2) is 11.9. The van der Waals surface area contributed by atoms with Crippen LogP contribution in [0, 0.1) is 11.3 Å². The molecule has 1 atom stereocenters. The summed E-state index contributed by atoms with van der Waals surface area (Å²) < 4.78 is 5.29. The van der Waals surface area contributed by atoms with Gasteiger partial charge in [-0.3, -0.25) is 9.59 Å². The van der Waals surface area contributed by atoms with Crippen LogP contribution in [0.1, 0.15) is 28.8 Å². The Labute approximate surface area is 229 Å². The van der Waals surface area contributed by atoms with E-state index in [0.717, 1.165) is 0 Å². The van der Waals surface area contributed by atoms with Gasteiger partial charge in [-0.05, 0) is 61.0 Å². The molecule has 0 saturated heterocycles. The number of aromatic hydroxyl groups is 1. The number of carbonyl (C=O) groups is 2. The molecule has 4 rings (SSSR count). The summed E-state index contributed by atoms with van der Waals surface area (Å²) in [5.41, 5.74) is 2.85. The van der Waals surface area contributed by atoms with E-state index in [4.69, 9.17) is 16.3 Å². The molecule has 1 amide bonds. The zero-order valence-electron chi connectivity index (χ0n) is 20.6. The van der Waals surface area contributed by atoms with Gasteiger partial charge in [0.05, 0.1) is 35.5 Å². The predicted octanol–water partition coefficient (Wildman–Crippen LogP) is 6.00. The van der Waals surface area contributed by atoms with Crippen molar-refractivity contribution < 1.29 is 19.4 Å². The molecule has 0 spiro atoms. The molecule has 1 aliphatic rings. The molecule has 38 heavy (non-hydrogen) atoms. The van der Waals surface area contributed by atoms with Crippen LogP contribution in [0.25, 0.3) is 0 Å². The molecule has 7 nitrogen and oxygen atoms in total. The second-order valence-corrected chi connectivity index (χ2v) is 9.84. The number of thioether (sulfide) groups is 1. The summed E-state index contributed by atoms with van der Waals surface area (Å²) in [6.45, 7) is 1.75. The van der Waals surface area contributed by atoms with Crippen LogP contribution in [-0.4, -0.2) is 29.7 Å². The predicted molar refractivity (Wildman–Crippen MR) is 149 cm³/mol. The van der Waals surface area contributed by atoms with E-state index in [-0.39, 0.29) is 34.5 Å². The number of Topliss-reactive ketones (excluding diaryl/α,β-unsaturated/α-hetero) is 1. The lowest BCUT2D eigenvalue weighted by Crippen LogP contribution is -2.31. The number of dihydropyridines is 1. The first-order valence-electron chi connectivity index (χ1n) is 11.6. The molecule has 3 aromatic carbocycles. The zero-order chi connectivity index (χ0) is 27.2. The fourth-order valence-electron chi connectivity index (χ4n) is 4.11. The number of phenolic OH excluding ortho intramolecular Hbond substituents is 1. The quantitative estimate of drug-likeness (QED) is 0.297. The third-order valence-corrected chi connectivity index (χ3v) is 7.24. The molecule has 0 aliphatic carbocycles. The Balaban J connectivity index is 1.72. The minimum absolute atomic E-state index is 0.0631. The smallest absolute Gasteiger partial charge is 0.254 e. The van der Waals surface area contributed by atoms with E-state index in [0.29, 0.717) is 38.1 Å². The summed E-state index contributed by atoms with van der Waals surface area (Å²) in [6.07, 6.45) is 0. The van der Waals surface area contributed by atoms with Gasteiger partial charge >= 0.3 is 0 Å². The van der Waals surface area contributed by atoms with E-state index < -0.39 is 5.92 Å². The van der Waals surface area contributed by atoms with Crippen molar-refractivity contribution in [1.29, 1.82) is 5.26 Å². The third kappa shape index (κ3) is 5.86. The van der Waals surface area contributed by atoms with E-state index in [1.165, 1.54) is 24.9 Å². The van der Waals surface area contributed by atoms with Crippen molar-refractivity contribution >= 4 is 40.7 Å². The second-order valence-electron chi connectivity index (χ2n) is 8.42. The van der Waals surface area contributed by atoms with E-state index >= 15 is 0 Å². The molecule has 0 fully saturated rings. The highest BCUT2D eigenvalue weighted by molar-refractivity contribution is 8.03. The minimum atomic E-state index is -0.771. The summed E-state index contributed by atoms with van der Waals surface area (Å²) in [5, 5.41) is 27.5. The Morgan fingerprint density at radius 1 is 1.13 bits per heavy atom. The van der Waals surface area contributed by atoms with Crippen LogP contribution in [-0.2, 0) is 4.79 Å². The molecule has 0 saturated carbocycles. The van der Waals surface area contributed by atoms with Crippen LogP contribution in [0.2, 0.25) is 5.02 Å². The molecule has 9 heteroatoms. The average Bonchev–Trinajstić information content (AvgIpc) is 2.92. The van der Waals surface area contributed by atoms with Gasteiger partial charge < -0.3 is 20.5 Å². The number of ketones is 1. The van der Waals surface area contributed by atoms with Crippen LogP contribution in [0.15, 0.2) is 94.7 Å². The van der Waals surface area contributed by atoms with Crippen LogP contribution in [0.5, 0.6) is 11.5 Å². The number of rotatable bonds is 8. The van der Waals surface area contributed by atoms with Gasteiger partial charge in [0, 0.05) is 27.5 Å². The Morgan fingerprint density at radius 2 is 1.84 bits per heavy atom. The van der Waals surface area contributed by atoms with Crippen molar-refractivity contribution in [2.75, 3.05) is 18.2 Å². The first kappa shape index (κ1) is 26.9. The number of carbonyl (C=O) groups excluding carboxylic acids is 2. The number of anilines is 1. The Kier molecular flexibility index (Phi) is 8.41. The van der Waals surface area contributed by atoms with Gasteiger partial charge in [-0.2, -0.15) is 5.26 Å². The van der Waals surface area contributed by atoms with Gasteiger partial charge in [0.1, 0.15) is 0 Å². The number of nitrogens with one attached hydrogen (secondary N) is 2. The normalized spacial score (nSPS) is 14.9. The Morgan fingerprint density at radius 3 is 2.50 bits per heavy atom. The molecule has 3 N–H and O–H groups in total. The van der Waals surface area contributed by atoms with Crippen LogP contribution in [0.3, 0.4) is 0 Å². The highest BCUT2D eigenvalue weighted by Gasteiger charge is 2.35. The molecule has 1 aliphatic heterocycles. The number of amides is 1. The molecule has 0 aromatic heterocycles. The number of benzene rings is 3. The molecular formula is C29H24ClN3O4S. The van der Waals surface area contributed by atoms with Gasteiger partial charge in [0.25, 0.3) is 5.91 Å². The standard InChI is InChI=1S/C29H24ClN3O4S/c1-17-26(28(36)33-21-6-4-3-5-7-21)27(19-10-13-23(34)25(14-19)37-2)22(15-31)29(32-17)38-16-24(35)18-8-11-20(30)12-9-18/h3-14,27,32,34H,16H2,1-2H3,(H,33,36)/t27-/m1/s1. The zero-order valence-corrected chi connectivity index (χ0v) is 22.2. The minimum Gasteiger partial charge on any atom is -0.504 e. The lowest BCUT2D eigenvalue weighted by atomic mass is 9.82. The number of methoxy groups -OCH3 is 1. The Bertz CT molecular complexity index is 1480. The summed E-state index contributed by atoms with van der Waals surface area (Å²) in [6, 6.07) is 22.6. The van der Waals surface area contributed by atoms with Crippen molar-refractivity contribution in [3.63, 3.8) is 0 Å². The first-order valence-corrected chi connectivity index (χ1v) is 13.0. The molecular weight excluding hydrogens is 522 g/mol. The maximum atomic E-state index is 13.5. The summed E-state index contributed by atoms with van der Waals surface area (Å²) in [5.74, 6) is -1.06. The van der Waals surface area contributed by atoms with Gasteiger partial charge in [0.2, 0.25) is 0 Å². The molecule has 192 valence electrons. The van der Waals surface area contributed by atoms with Gasteiger partial charge in [-0.25, -0.2) is 0 Å². The summed E-state index contributed by atoms with van der Waals surface area (Å²) >= 11 is 7.12. The number of allylic oxidation sites excluding steroid dienone is 2. The molecule has 1 heterocycles. The highest BCUT2D eigenvalue weighted by atomic mass is 35.5. The lowest BCUT2D eigenvalue weighted by molar-refractivity contribution is -0.113. The van der Waals surface area contributed by atoms with Crippen molar-refractivity contribution in [2.45, 2.75) is 12.8 Å². The third-order valence-electron chi connectivity index (χ3n) is 5.97. The fourth-order valence-corrected chi connectivity index (χ4v) is 5.22. The van der Waals surface area contributed by atoms with E-state index in [2.05, 4.69) is 16.7 Å². The van der Waals surface area contributed by atoms with Crippen molar-refractivity contribution in [2.24, 2.45) is 0 Å². The largest absolute Gasteiger partial charge is 0.504 e. The van der Waals surface area contributed by atoms with Crippen LogP contribution in [0.4, 0.5) is 5.69 Å². The number of para-hydroxylation sites is 1. The van der Waals surface area contributed by atoms with E-state index in [1.807, 2.05) is 18.2 Å². The van der Waals surface area contributed by atoms with Gasteiger partial charge in [0.15, 0.2) is 17.3 Å². The Hall–Kier alpha value is -4.19. The monoisotopic (exact) mass is 545 g/mol. The number of ether oxygens (including phenoxy) is 1. The maximum Gasteiger partial charge on any atom is 0.254 e. The summed E-state index contributed by atoms with van der Waals surface area (Å²) in [4.78, 5) is 26.3. The average molecular weight is 546 g/mol. The molecule has 0 unspecified atom stereocenters. The number of phenols is 1. The molecule has 0 bridgehead atoms. The highest BCUT2D eigenvalue weighted by Crippen LogP contribution is 2.43. The SMILES string of the molecule is COc1cc([C@@H]2C(C#N)=C(SCC(=O)c3ccc(Cl)cc3)NC(C)=C2C(=O)Nc2ccccc2)ccc1O. The van der Waals surface area contributed by atoms with Crippen LogP contribution >= 0.6 is 23.4 Å². The number of hydrogen-bond donors (Lipinski definition) is 3. The van der Waals surface area contributed by atoms with Gasteiger partial charge in [-0.1, -0.05) is 47.6 Å². The summed E-state index contributed by atoms with van der Waals surface area (Å²) in [7, 11) is 1.43. The molecule has 0 radical (unpaired) electrons. The van der Waals surface area contributed by atoms with Gasteiger partial charge in [-0.15, -0.1) is 0 Å². The number of nitrogens with zero attached hydrogens (tertiary/aromatic N) is 1.